The van der Waals surface area contributed by atoms with E-state index < -0.39 is 17.9 Å². The highest BCUT2D eigenvalue weighted by Crippen LogP contribution is 2.44. The number of aliphatic hydroxyl groups excluding tert-OH is 1. The molecule has 9 heteroatoms. The highest BCUT2D eigenvalue weighted by molar-refractivity contribution is 6.33. The molecule has 2 amide bonds. The molecule has 0 bridgehead atoms. The molecule has 0 radical (unpaired) electrons. The maximum absolute atomic E-state index is 12.1. The molecule has 1 aromatic rings. The largest absolute Gasteiger partial charge is 0.492 e. The minimum Gasteiger partial charge on any atom is -0.492 e. The first-order valence-electron chi connectivity index (χ1n) is 9.99. The monoisotopic (exact) mass is 422 g/mol. The van der Waals surface area contributed by atoms with Crippen molar-refractivity contribution in [3.05, 3.63) is 22.7 Å². The molecule has 0 spiro atoms. The van der Waals surface area contributed by atoms with E-state index in [4.69, 9.17) is 27.2 Å². The van der Waals surface area contributed by atoms with Crippen LogP contribution in [-0.4, -0.2) is 47.0 Å². The summed E-state index contributed by atoms with van der Waals surface area (Å²) in [6.07, 6.45) is 6.10. The second kappa shape index (κ2) is 9.45. The van der Waals surface area contributed by atoms with E-state index in [2.05, 4.69) is 10.3 Å². The quantitative estimate of drug-likeness (QED) is 0.395. The molecule has 2 atom stereocenters. The molecule has 8 nitrogen and oxygen atoms in total. The molecule has 0 aromatic heterocycles. The summed E-state index contributed by atoms with van der Waals surface area (Å²) >= 11 is 6.61. The van der Waals surface area contributed by atoms with Gasteiger partial charge in [-0.3, -0.25) is 14.9 Å². The molecule has 2 aliphatic heterocycles. The van der Waals surface area contributed by atoms with Crippen LogP contribution < -0.4 is 15.8 Å². The summed E-state index contributed by atoms with van der Waals surface area (Å²) < 4.78 is 5.87. The Bertz CT molecular complexity index is 814. The van der Waals surface area contributed by atoms with Gasteiger partial charge in [0.2, 0.25) is 11.9 Å². The SMILES string of the molecule is CC1c2c(ccc(OCCCCCCCCO)c2Cl)N=C2NC(=O)C(C(N)=O)N21. The van der Waals surface area contributed by atoms with Crippen molar-refractivity contribution < 1.29 is 19.4 Å². The Morgan fingerprint density at radius 3 is 2.66 bits per heavy atom. The van der Waals surface area contributed by atoms with Crippen molar-refractivity contribution in [2.45, 2.75) is 57.5 Å². The van der Waals surface area contributed by atoms with Gasteiger partial charge >= 0.3 is 0 Å². The average Bonchev–Trinajstić information content (AvgIpc) is 3.01. The maximum atomic E-state index is 12.1. The number of benzene rings is 1. The van der Waals surface area contributed by atoms with Gasteiger partial charge in [0.25, 0.3) is 5.91 Å². The Morgan fingerprint density at radius 2 is 1.97 bits per heavy atom. The Balaban J connectivity index is 1.65. The van der Waals surface area contributed by atoms with Gasteiger partial charge in [-0.2, -0.15) is 0 Å². The summed E-state index contributed by atoms with van der Waals surface area (Å²) in [4.78, 5) is 29.9. The first-order chi connectivity index (χ1) is 14.0. The van der Waals surface area contributed by atoms with Crippen LogP contribution in [0, 0.1) is 0 Å². The number of aliphatic hydroxyl groups is 1. The van der Waals surface area contributed by atoms with E-state index in [0.29, 0.717) is 34.6 Å². The zero-order chi connectivity index (χ0) is 21.0. The number of carbonyl (C=O) groups is 2. The number of guanidine groups is 1. The molecule has 1 saturated heterocycles. The van der Waals surface area contributed by atoms with Crippen molar-refractivity contribution in [1.82, 2.24) is 10.2 Å². The predicted octanol–water partition coefficient (Wildman–Crippen LogP) is 2.40. The number of unbranched alkanes of at least 4 members (excludes halogenated alkanes) is 5. The van der Waals surface area contributed by atoms with Crippen LogP contribution in [0.4, 0.5) is 5.69 Å². The fraction of sp³-hybridized carbons (Fsp3) is 0.550. The average molecular weight is 423 g/mol. The molecular weight excluding hydrogens is 396 g/mol. The predicted molar refractivity (Wildman–Crippen MR) is 110 cm³/mol. The van der Waals surface area contributed by atoms with E-state index in [1.165, 1.54) is 0 Å². The lowest BCUT2D eigenvalue weighted by molar-refractivity contribution is -0.131. The Hall–Kier alpha value is -2.32. The Morgan fingerprint density at radius 1 is 1.28 bits per heavy atom. The molecule has 29 heavy (non-hydrogen) atoms. The van der Waals surface area contributed by atoms with E-state index in [1.807, 2.05) is 6.92 Å². The van der Waals surface area contributed by atoms with E-state index in [1.54, 1.807) is 17.0 Å². The molecule has 0 aliphatic carbocycles. The fourth-order valence-corrected chi connectivity index (χ4v) is 4.15. The van der Waals surface area contributed by atoms with Crippen LogP contribution in [0.1, 0.15) is 57.1 Å². The topological polar surface area (TPSA) is 117 Å². The standard InChI is InChI=1S/C20H27ClN4O4/c1-12-15-13(23-20-24-19(28)17(18(22)27)25(12)20)8-9-14(16(15)21)29-11-7-5-3-2-4-6-10-26/h8-9,12,17,26H,2-7,10-11H2,1H3,(H2,22,27)(H,23,24,28). The number of primary amides is 1. The lowest BCUT2D eigenvalue weighted by Gasteiger charge is -2.33. The molecule has 2 unspecified atom stereocenters. The van der Waals surface area contributed by atoms with Crippen LogP contribution in [0.5, 0.6) is 5.75 Å². The molecule has 3 rings (SSSR count). The van der Waals surface area contributed by atoms with E-state index >= 15 is 0 Å². The van der Waals surface area contributed by atoms with Gasteiger partial charge in [0.1, 0.15) is 5.75 Å². The number of ether oxygens (including phenoxy) is 1. The van der Waals surface area contributed by atoms with Crippen molar-refractivity contribution in [2.75, 3.05) is 13.2 Å². The number of carbonyl (C=O) groups excluding carboxylic acids is 2. The lowest BCUT2D eigenvalue weighted by Crippen LogP contribution is -2.47. The number of nitrogens with two attached hydrogens (primary N) is 1. The summed E-state index contributed by atoms with van der Waals surface area (Å²) in [5.74, 6) is -0.344. The van der Waals surface area contributed by atoms with Crippen LogP contribution in [0.15, 0.2) is 17.1 Å². The van der Waals surface area contributed by atoms with Gasteiger partial charge in [-0.05, 0) is 31.9 Å². The minimum atomic E-state index is -1.11. The molecule has 4 N–H and O–H groups in total. The van der Waals surface area contributed by atoms with Crippen molar-refractivity contribution in [3.8, 4) is 5.75 Å². The van der Waals surface area contributed by atoms with Crippen molar-refractivity contribution >= 4 is 35.1 Å². The van der Waals surface area contributed by atoms with Crippen molar-refractivity contribution in [2.24, 2.45) is 10.7 Å². The number of hydrogen-bond acceptors (Lipinski definition) is 6. The lowest BCUT2D eigenvalue weighted by atomic mass is 10.0. The van der Waals surface area contributed by atoms with Gasteiger partial charge in [0.05, 0.1) is 23.4 Å². The van der Waals surface area contributed by atoms with E-state index in [9.17, 15) is 9.59 Å². The van der Waals surface area contributed by atoms with Gasteiger partial charge in [-0.15, -0.1) is 0 Å². The van der Waals surface area contributed by atoms with Crippen molar-refractivity contribution in [3.63, 3.8) is 0 Å². The Labute approximate surface area is 175 Å². The molecule has 158 valence electrons. The number of hydrogen-bond donors (Lipinski definition) is 3. The third kappa shape index (κ3) is 4.48. The van der Waals surface area contributed by atoms with Crippen molar-refractivity contribution in [1.29, 1.82) is 0 Å². The van der Waals surface area contributed by atoms with Gasteiger partial charge in [-0.1, -0.05) is 37.3 Å². The summed E-state index contributed by atoms with van der Waals surface area (Å²) in [5, 5.41) is 11.8. The molecule has 2 heterocycles. The summed E-state index contributed by atoms with van der Waals surface area (Å²) in [6, 6.07) is 2.10. The van der Waals surface area contributed by atoms with Crippen LogP contribution in [0.3, 0.4) is 0 Å². The summed E-state index contributed by atoms with van der Waals surface area (Å²) in [6.45, 7) is 2.66. The second-order valence-corrected chi connectivity index (χ2v) is 7.69. The number of nitrogens with one attached hydrogen (secondary N) is 1. The Kier molecular flexibility index (Phi) is 6.97. The van der Waals surface area contributed by atoms with Gasteiger partial charge in [0, 0.05) is 12.2 Å². The zero-order valence-corrected chi connectivity index (χ0v) is 17.2. The normalized spacial score (nSPS) is 20.0. The fourth-order valence-electron chi connectivity index (χ4n) is 3.78. The number of aliphatic imine (C=N–C) groups is 1. The first-order valence-corrected chi connectivity index (χ1v) is 10.4. The number of rotatable bonds is 10. The van der Waals surface area contributed by atoms with Gasteiger partial charge < -0.3 is 20.5 Å². The number of amides is 2. The number of nitrogens with zero attached hydrogens (tertiary/aromatic N) is 2. The van der Waals surface area contributed by atoms with E-state index in [0.717, 1.165) is 38.5 Å². The minimum absolute atomic E-state index is 0.256. The highest BCUT2D eigenvalue weighted by atomic mass is 35.5. The maximum Gasteiger partial charge on any atom is 0.259 e. The molecule has 2 aliphatic rings. The van der Waals surface area contributed by atoms with Crippen LogP contribution >= 0.6 is 11.6 Å². The second-order valence-electron chi connectivity index (χ2n) is 7.32. The molecular formula is C20H27ClN4O4. The van der Waals surface area contributed by atoms with Crippen LogP contribution in [0.25, 0.3) is 0 Å². The van der Waals surface area contributed by atoms with E-state index in [-0.39, 0.29) is 12.6 Å². The third-order valence-corrected chi connectivity index (χ3v) is 5.66. The number of halogens is 1. The van der Waals surface area contributed by atoms with Gasteiger partial charge in [0.15, 0.2) is 6.04 Å². The van der Waals surface area contributed by atoms with Crippen LogP contribution in [-0.2, 0) is 9.59 Å². The molecule has 1 fully saturated rings. The first kappa shape index (κ1) is 21.4. The number of fused-ring (bicyclic) bond motifs is 2. The van der Waals surface area contributed by atoms with Gasteiger partial charge in [-0.25, -0.2) is 4.99 Å². The highest BCUT2D eigenvalue weighted by Gasteiger charge is 2.46. The zero-order valence-electron chi connectivity index (χ0n) is 16.5. The molecule has 1 aromatic carbocycles. The summed E-state index contributed by atoms with van der Waals surface area (Å²) in [5.41, 5.74) is 6.75. The smallest absolute Gasteiger partial charge is 0.259 e. The molecule has 0 saturated carbocycles. The summed E-state index contributed by atoms with van der Waals surface area (Å²) in [7, 11) is 0. The van der Waals surface area contributed by atoms with Crippen LogP contribution in [0.2, 0.25) is 5.02 Å². The third-order valence-electron chi connectivity index (χ3n) is 5.27.